The third kappa shape index (κ3) is 4.70. The standard InChI is InChI=1S/C27H33N7O2/c1-17-12-19(10-11-36-4)13-23(17)30-27(35)31-25-18(2)24(32-34(25)22-8-6-5-7-9-22)20-14-21-16-29-33(3)26(21)28-15-20/h5-9,14-17,19,23H,10-13H2,1-4H3,(H2,30,31,35)/t17-,19+,23-/m1/s1. The second-order valence-corrected chi connectivity index (χ2v) is 9.78. The summed E-state index contributed by atoms with van der Waals surface area (Å²) >= 11 is 0. The zero-order valence-electron chi connectivity index (χ0n) is 21.2. The quantitative estimate of drug-likeness (QED) is 0.394. The zero-order valence-corrected chi connectivity index (χ0v) is 21.2. The van der Waals surface area contributed by atoms with E-state index in [-0.39, 0.29) is 12.1 Å². The van der Waals surface area contributed by atoms with Gasteiger partial charge >= 0.3 is 6.03 Å². The lowest BCUT2D eigenvalue weighted by molar-refractivity contribution is 0.177. The maximum absolute atomic E-state index is 13.2. The van der Waals surface area contributed by atoms with Crippen LogP contribution in [-0.2, 0) is 11.8 Å². The minimum atomic E-state index is -0.216. The molecule has 0 unspecified atom stereocenters. The number of methoxy groups -OCH3 is 1. The number of rotatable bonds is 7. The van der Waals surface area contributed by atoms with E-state index in [9.17, 15) is 4.79 Å². The molecule has 1 aromatic carbocycles. The number of aromatic nitrogens is 5. The summed E-state index contributed by atoms with van der Waals surface area (Å²) in [6, 6.07) is 11.8. The molecule has 1 aliphatic carbocycles. The third-order valence-corrected chi connectivity index (χ3v) is 7.23. The Bertz CT molecular complexity index is 1360. The Morgan fingerprint density at radius 2 is 2.00 bits per heavy atom. The number of fused-ring (bicyclic) bond motifs is 1. The Morgan fingerprint density at radius 3 is 2.78 bits per heavy atom. The Labute approximate surface area is 210 Å². The molecule has 1 saturated carbocycles. The molecule has 9 heteroatoms. The molecule has 2 N–H and O–H groups in total. The predicted octanol–water partition coefficient (Wildman–Crippen LogP) is 4.70. The molecule has 0 radical (unpaired) electrons. The smallest absolute Gasteiger partial charge is 0.320 e. The van der Waals surface area contributed by atoms with Gasteiger partial charge in [0.25, 0.3) is 0 Å². The molecule has 0 spiro atoms. The number of hydrogen-bond donors (Lipinski definition) is 2. The molecule has 0 saturated heterocycles. The van der Waals surface area contributed by atoms with Crippen LogP contribution in [0.2, 0.25) is 0 Å². The van der Waals surface area contributed by atoms with E-state index in [4.69, 9.17) is 9.84 Å². The Morgan fingerprint density at radius 1 is 1.19 bits per heavy atom. The molecule has 3 atom stereocenters. The van der Waals surface area contributed by atoms with Gasteiger partial charge in [-0.2, -0.15) is 10.2 Å². The van der Waals surface area contributed by atoms with Gasteiger partial charge in [0, 0.05) is 49.5 Å². The fourth-order valence-electron chi connectivity index (χ4n) is 5.26. The van der Waals surface area contributed by atoms with Crippen molar-refractivity contribution in [3.63, 3.8) is 0 Å². The van der Waals surface area contributed by atoms with Gasteiger partial charge in [-0.3, -0.25) is 10.00 Å². The van der Waals surface area contributed by atoms with Crippen molar-refractivity contribution >= 4 is 22.9 Å². The molecule has 3 heterocycles. The van der Waals surface area contributed by atoms with Crippen LogP contribution in [-0.4, -0.2) is 50.3 Å². The first-order chi connectivity index (χ1) is 17.4. The van der Waals surface area contributed by atoms with Gasteiger partial charge < -0.3 is 10.1 Å². The van der Waals surface area contributed by atoms with Crippen LogP contribution in [0.4, 0.5) is 10.6 Å². The van der Waals surface area contributed by atoms with E-state index in [0.29, 0.717) is 17.7 Å². The lowest BCUT2D eigenvalue weighted by Gasteiger charge is -2.18. The SMILES string of the molecule is COCC[C@H]1C[C@@H](C)[C@H](NC(=O)Nc2c(C)c(-c3cnc4c(cnn4C)c3)nn2-c2ccccc2)C1. The van der Waals surface area contributed by atoms with E-state index < -0.39 is 0 Å². The summed E-state index contributed by atoms with van der Waals surface area (Å²) < 4.78 is 8.78. The minimum Gasteiger partial charge on any atom is -0.385 e. The Balaban J connectivity index is 1.43. The molecule has 1 aliphatic rings. The number of benzene rings is 1. The number of ether oxygens (including phenoxy) is 1. The molecule has 9 nitrogen and oxygen atoms in total. The van der Waals surface area contributed by atoms with E-state index in [2.05, 4.69) is 27.6 Å². The molecule has 1 fully saturated rings. The van der Waals surface area contributed by atoms with E-state index in [1.54, 1.807) is 28.9 Å². The summed E-state index contributed by atoms with van der Waals surface area (Å²) in [4.78, 5) is 17.8. The maximum Gasteiger partial charge on any atom is 0.320 e. The van der Waals surface area contributed by atoms with Gasteiger partial charge in [-0.05, 0) is 56.2 Å². The van der Waals surface area contributed by atoms with E-state index in [0.717, 1.165) is 59.4 Å². The highest BCUT2D eigenvalue weighted by atomic mass is 16.5. The van der Waals surface area contributed by atoms with Gasteiger partial charge in [0.05, 0.1) is 17.6 Å². The van der Waals surface area contributed by atoms with Crippen molar-refractivity contribution in [3.05, 3.63) is 54.4 Å². The predicted molar refractivity (Wildman–Crippen MR) is 140 cm³/mol. The van der Waals surface area contributed by atoms with Crippen molar-refractivity contribution in [2.75, 3.05) is 19.0 Å². The number of nitrogens with one attached hydrogen (secondary N) is 2. The van der Waals surface area contributed by atoms with Gasteiger partial charge in [-0.25, -0.2) is 14.5 Å². The molecule has 3 aromatic heterocycles. The van der Waals surface area contributed by atoms with Crippen molar-refractivity contribution < 1.29 is 9.53 Å². The number of urea groups is 1. The topological polar surface area (TPSA) is 98.9 Å². The van der Waals surface area contributed by atoms with Gasteiger partial charge in [0.2, 0.25) is 0 Å². The molecule has 2 amide bonds. The summed E-state index contributed by atoms with van der Waals surface area (Å²) in [6.45, 7) is 4.94. The summed E-state index contributed by atoms with van der Waals surface area (Å²) in [7, 11) is 3.61. The highest BCUT2D eigenvalue weighted by molar-refractivity contribution is 5.91. The molecule has 0 bridgehead atoms. The normalized spacial score (nSPS) is 19.6. The van der Waals surface area contributed by atoms with Crippen molar-refractivity contribution in [2.45, 2.75) is 39.2 Å². The number of para-hydroxylation sites is 1. The van der Waals surface area contributed by atoms with Crippen LogP contribution in [0, 0.1) is 18.8 Å². The summed E-state index contributed by atoms with van der Waals surface area (Å²) in [5, 5.41) is 16.5. The fourth-order valence-corrected chi connectivity index (χ4v) is 5.26. The van der Waals surface area contributed by atoms with Crippen molar-refractivity contribution in [2.24, 2.45) is 18.9 Å². The van der Waals surface area contributed by atoms with E-state index >= 15 is 0 Å². The number of pyridine rings is 1. The van der Waals surface area contributed by atoms with Gasteiger partial charge in [-0.15, -0.1) is 0 Å². The highest BCUT2D eigenvalue weighted by Crippen LogP contribution is 2.34. The number of amides is 2. The molecular formula is C27H33N7O2. The van der Waals surface area contributed by atoms with Crippen molar-refractivity contribution in [3.8, 4) is 16.9 Å². The lowest BCUT2D eigenvalue weighted by atomic mass is 10.0. The minimum absolute atomic E-state index is 0.136. The highest BCUT2D eigenvalue weighted by Gasteiger charge is 2.32. The average molecular weight is 488 g/mol. The molecular weight excluding hydrogens is 454 g/mol. The van der Waals surface area contributed by atoms with Gasteiger partial charge in [0.1, 0.15) is 5.82 Å². The van der Waals surface area contributed by atoms with Gasteiger partial charge in [0.15, 0.2) is 5.65 Å². The Hall–Kier alpha value is -3.72. The lowest BCUT2D eigenvalue weighted by Crippen LogP contribution is -2.40. The number of hydrogen-bond acceptors (Lipinski definition) is 5. The fraction of sp³-hybridized carbons (Fsp3) is 0.407. The first kappa shape index (κ1) is 24.0. The van der Waals surface area contributed by atoms with Crippen LogP contribution in [0.1, 0.15) is 31.7 Å². The van der Waals surface area contributed by atoms with Crippen LogP contribution in [0.25, 0.3) is 28.0 Å². The first-order valence-electron chi connectivity index (χ1n) is 12.4. The van der Waals surface area contributed by atoms with E-state index in [1.807, 2.05) is 50.4 Å². The maximum atomic E-state index is 13.2. The largest absolute Gasteiger partial charge is 0.385 e. The van der Waals surface area contributed by atoms with Crippen LogP contribution >= 0.6 is 0 Å². The van der Waals surface area contributed by atoms with Crippen LogP contribution in [0.3, 0.4) is 0 Å². The molecule has 188 valence electrons. The number of anilines is 1. The second-order valence-electron chi connectivity index (χ2n) is 9.78. The zero-order chi connectivity index (χ0) is 25.2. The molecule has 4 aromatic rings. The van der Waals surface area contributed by atoms with Crippen LogP contribution < -0.4 is 10.6 Å². The summed E-state index contributed by atoms with van der Waals surface area (Å²) in [5.74, 6) is 1.63. The van der Waals surface area contributed by atoms with Crippen molar-refractivity contribution in [1.82, 2.24) is 29.9 Å². The van der Waals surface area contributed by atoms with Gasteiger partial charge in [-0.1, -0.05) is 25.1 Å². The second kappa shape index (κ2) is 10.1. The number of nitrogens with zero attached hydrogens (tertiary/aromatic N) is 5. The van der Waals surface area contributed by atoms with Crippen LogP contribution in [0.5, 0.6) is 0 Å². The summed E-state index contributed by atoms with van der Waals surface area (Å²) in [5.41, 5.74) is 4.19. The molecule has 36 heavy (non-hydrogen) atoms. The van der Waals surface area contributed by atoms with Crippen LogP contribution in [0.15, 0.2) is 48.8 Å². The molecule has 5 rings (SSSR count). The number of carbonyl (C=O) groups is 1. The van der Waals surface area contributed by atoms with E-state index in [1.165, 1.54) is 0 Å². The first-order valence-corrected chi connectivity index (χ1v) is 12.4. The number of carbonyl (C=O) groups excluding carboxylic acids is 1. The average Bonchev–Trinajstić information content (AvgIpc) is 3.53. The number of aryl methyl sites for hydroxylation is 1. The molecule has 0 aliphatic heterocycles. The monoisotopic (exact) mass is 487 g/mol. The van der Waals surface area contributed by atoms with Crippen molar-refractivity contribution in [1.29, 1.82) is 0 Å². The third-order valence-electron chi connectivity index (χ3n) is 7.23. The summed E-state index contributed by atoms with van der Waals surface area (Å²) in [6.07, 6.45) is 6.70. The Kier molecular flexibility index (Phi) is 6.73.